The number of rotatable bonds is 3. The highest BCUT2D eigenvalue weighted by Crippen LogP contribution is 2.29. The lowest BCUT2D eigenvalue weighted by molar-refractivity contribution is -0.143. The van der Waals surface area contributed by atoms with Gasteiger partial charge in [-0.25, -0.2) is 4.98 Å². The molecule has 2 saturated heterocycles. The van der Waals surface area contributed by atoms with Crippen LogP contribution < -0.4 is 5.32 Å². The van der Waals surface area contributed by atoms with Crippen molar-refractivity contribution >= 4 is 22.9 Å². The first-order chi connectivity index (χ1) is 12.6. The SMILES string of the molecule is O=C(O)C1CCC(C(=O)N2CCC(c3nc4ccccc4[nH]3)CC2)CN1. The zero-order chi connectivity index (χ0) is 18.1. The number of amides is 1. The van der Waals surface area contributed by atoms with E-state index in [1.807, 2.05) is 29.2 Å². The normalized spacial score (nSPS) is 24.7. The number of para-hydroxylation sites is 2. The molecule has 1 amide bonds. The number of imidazole rings is 1. The maximum absolute atomic E-state index is 12.7. The second kappa shape index (κ2) is 7.07. The van der Waals surface area contributed by atoms with Crippen LogP contribution in [0.2, 0.25) is 0 Å². The second-order valence-electron chi connectivity index (χ2n) is 7.31. The summed E-state index contributed by atoms with van der Waals surface area (Å²) in [5.74, 6) is 0.592. The Kier molecular flexibility index (Phi) is 4.63. The summed E-state index contributed by atoms with van der Waals surface area (Å²) in [6.07, 6.45) is 2.97. The molecule has 7 heteroatoms. The molecule has 7 nitrogen and oxygen atoms in total. The van der Waals surface area contributed by atoms with Gasteiger partial charge in [0.25, 0.3) is 0 Å². The fourth-order valence-electron chi connectivity index (χ4n) is 4.08. The molecule has 3 heterocycles. The number of fused-ring (bicyclic) bond motifs is 1. The van der Waals surface area contributed by atoms with Crippen molar-refractivity contribution in [2.24, 2.45) is 5.92 Å². The van der Waals surface area contributed by atoms with E-state index in [1.54, 1.807) is 0 Å². The maximum Gasteiger partial charge on any atom is 0.320 e. The first kappa shape index (κ1) is 17.0. The number of carbonyl (C=O) groups excluding carboxylic acids is 1. The van der Waals surface area contributed by atoms with Crippen molar-refractivity contribution in [3.63, 3.8) is 0 Å². The molecule has 1 aromatic carbocycles. The van der Waals surface area contributed by atoms with E-state index in [4.69, 9.17) is 10.1 Å². The monoisotopic (exact) mass is 356 g/mol. The quantitative estimate of drug-likeness (QED) is 0.778. The Hall–Kier alpha value is -2.41. The summed E-state index contributed by atoms with van der Waals surface area (Å²) >= 11 is 0. The number of aromatic amines is 1. The molecule has 0 radical (unpaired) electrons. The fraction of sp³-hybridized carbons (Fsp3) is 0.526. The van der Waals surface area contributed by atoms with Gasteiger partial charge in [0, 0.05) is 25.6 Å². The third-order valence-corrected chi connectivity index (χ3v) is 5.66. The lowest BCUT2D eigenvalue weighted by atomic mass is 9.91. The van der Waals surface area contributed by atoms with Crippen LogP contribution in [0.5, 0.6) is 0 Å². The number of hydrogen-bond acceptors (Lipinski definition) is 4. The summed E-state index contributed by atoms with van der Waals surface area (Å²) in [6.45, 7) is 1.93. The van der Waals surface area contributed by atoms with E-state index in [1.165, 1.54) is 0 Å². The standard InChI is InChI=1S/C19H24N4O3/c24-18(13-5-6-16(19(25)26)20-11-13)23-9-7-12(8-10-23)17-21-14-3-1-2-4-15(14)22-17/h1-4,12-13,16,20H,5-11H2,(H,21,22)(H,25,26). The minimum Gasteiger partial charge on any atom is -0.480 e. The number of nitrogens with one attached hydrogen (secondary N) is 2. The van der Waals surface area contributed by atoms with Crippen LogP contribution in [0.25, 0.3) is 11.0 Å². The smallest absolute Gasteiger partial charge is 0.320 e. The first-order valence-electron chi connectivity index (χ1n) is 9.31. The van der Waals surface area contributed by atoms with Gasteiger partial charge < -0.3 is 20.3 Å². The van der Waals surface area contributed by atoms with Gasteiger partial charge in [-0.15, -0.1) is 0 Å². The molecular formula is C19H24N4O3. The van der Waals surface area contributed by atoms with Crippen molar-refractivity contribution in [1.29, 1.82) is 0 Å². The minimum atomic E-state index is -0.831. The molecule has 2 aromatic rings. The van der Waals surface area contributed by atoms with Gasteiger partial charge >= 0.3 is 5.97 Å². The van der Waals surface area contributed by atoms with Crippen LogP contribution in [0.3, 0.4) is 0 Å². The highest BCUT2D eigenvalue weighted by Gasteiger charge is 2.33. The number of aliphatic carboxylic acids is 1. The second-order valence-corrected chi connectivity index (χ2v) is 7.31. The molecule has 2 aliphatic rings. The van der Waals surface area contributed by atoms with Gasteiger partial charge in [-0.3, -0.25) is 9.59 Å². The topological polar surface area (TPSA) is 98.3 Å². The van der Waals surface area contributed by atoms with Crippen molar-refractivity contribution in [3.05, 3.63) is 30.1 Å². The molecule has 1 aromatic heterocycles. The van der Waals surface area contributed by atoms with Gasteiger partial charge in [0.05, 0.1) is 17.0 Å². The summed E-state index contributed by atoms with van der Waals surface area (Å²) in [4.78, 5) is 33.8. The lowest BCUT2D eigenvalue weighted by Crippen LogP contribution is -2.50. The van der Waals surface area contributed by atoms with E-state index in [0.717, 1.165) is 42.8 Å². The van der Waals surface area contributed by atoms with Crippen molar-refractivity contribution < 1.29 is 14.7 Å². The number of H-pyrrole nitrogens is 1. The van der Waals surface area contributed by atoms with Crippen molar-refractivity contribution in [2.45, 2.75) is 37.6 Å². The van der Waals surface area contributed by atoms with E-state index in [2.05, 4.69) is 10.3 Å². The Morgan fingerprint density at radius 2 is 1.88 bits per heavy atom. The molecule has 0 bridgehead atoms. The Morgan fingerprint density at radius 1 is 1.12 bits per heavy atom. The number of piperidine rings is 2. The maximum atomic E-state index is 12.7. The van der Waals surface area contributed by atoms with Gasteiger partial charge in [-0.2, -0.15) is 0 Å². The summed E-state index contributed by atoms with van der Waals surface area (Å²) < 4.78 is 0. The van der Waals surface area contributed by atoms with Gasteiger partial charge in [0.15, 0.2) is 0 Å². The van der Waals surface area contributed by atoms with Crippen LogP contribution >= 0.6 is 0 Å². The highest BCUT2D eigenvalue weighted by atomic mass is 16.4. The van der Waals surface area contributed by atoms with Crippen LogP contribution in [0, 0.1) is 5.92 Å². The number of nitrogens with zero attached hydrogens (tertiary/aromatic N) is 2. The minimum absolute atomic E-state index is 0.103. The molecule has 0 spiro atoms. The predicted molar refractivity (Wildman–Crippen MR) is 96.8 cm³/mol. The molecule has 2 aliphatic heterocycles. The Morgan fingerprint density at radius 3 is 2.54 bits per heavy atom. The number of carboxylic acids is 1. The molecule has 2 fully saturated rings. The van der Waals surface area contributed by atoms with E-state index < -0.39 is 12.0 Å². The number of hydrogen-bond donors (Lipinski definition) is 3. The van der Waals surface area contributed by atoms with Crippen LogP contribution in [-0.2, 0) is 9.59 Å². The average molecular weight is 356 g/mol. The molecule has 26 heavy (non-hydrogen) atoms. The van der Waals surface area contributed by atoms with E-state index >= 15 is 0 Å². The van der Waals surface area contributed by atoms with E-state index in [-0.39, 0.29) is 11.8 Å². The number of carbonyl (C=O) groups is 2. The van der Waals surface area contributed by atoms with Crippen LogP contribution in [0.4, 0.5) is 0 Å². The van der Waals surface area contributed by atoms with E-state index in [9.17, 15) is 9.59 Å². The molecule has 4 rings (SSSR count). The largest absolute Gasteiger partial charge is 0.480 e. The van der Waals surface area contributed by atoms with Gasteiger partial charge in [0.2, 0.25) is 5.91 Å². The molecular weight excluding hydrogens is 332 g/mol. The number of benzene rings is 1. The zero-order valence-electron chi connectivity index (χ0n) is 14.6. The van der Waals surface area contributed by atoms with Crippen LogP contribution in [-0.4, -0.2) is 57.5 Å². The number of carboxylic acid groups (broad SMARTS) is 1. The molecule has 2 unspecified atom stereocenters. The molecule has 2 atom stereocenters. The Bertz CT molecular complexity index is 769. The zero-order valence-corrected chi connectivity index (χ0v) is 14.6. The van der Waals surface area contributed by atoms with E-state index in [0.29, 0.717) is 25.3 Å². The summed E-state index contributed by atoms with van der Waals surface area (Å²) in [7, 11) is 0. The summed E-state index contributed by atoms with van der Waals surface area (Å²) in [6, 6.07) is 7.51. The summed E-state index contributed by atoms with van der Waals surface area (Å²) in [5, 5.41) is 12.0. The lowest BCUT2D eigenvalue weighted by Gasteiger charge is -2.35. The predicted octanol–water partition coefficient (Wildman–Crippen LogP) is 1.72. The third-order valence-electron chi connectivity index (χ3n) is 5.66. The van der Waals surface area contributed by atoms with Crippen molar-refractivity contribution in [3.8, 4) is 0 Å². The highest BCUT2D eigenvalue weighted by molar-refractivity contribution is 5.80. The first-order valence-corrected chi connectivity index (χ1v) is 9.31. The van der Waals surface area contributed by atoms with Crippen LogP contribution in [0.15, 0.2) is 24.3 Å². The molecule has 3 N–H and O–H groups in total. The average Bonchev–Trinajstić information content (AvgIpc) is 3.12. The Labute approximate surface area is 151 Å². The summed E-state index contributed by atoms with van der Waals surface area (Å²) in [5.41, 5.74) is 2.05. The van der Waals surface area contributed by atoms with Crippen molar-refractivity contribution in [2.75, 3.05) is 19.6 Å². The number of likely N-dealkylation sites (tertiary alicyclic amines) is 1. The third kappa shape index (κ3) is 3.31. The van der Waals surface area contributed by atoms with Crippen LogP contribution in [0.1, 0.15) is 37.4 Å². The molecule has 138 valence electrons. The fourth-order valence-corrected chi connectivity index (χ4v) is 4.08. The molecule has 0 saturated carbocycles. The van der Waals surface area contributed by atoms with Gasteiger partial charge in [0.1, 0.15) is 11.9 Å². The van der Waals surface area contributed by atoms with Gasteiger partial charge in [-0.05, 0) is 37.8 Å². The Balaban J connectivity index is 1.33. The van der Waals surface area contributed by atoms with Crippen molar-refractivity contribution in [1.82, 2.24) is 20.2 Å². The van der Waals surface area contributed by atoms with Gasteiger partial charge in [-0.1, -0.05) is 12.1 Å². The number of aromatic nitrogens is 2. The molecule has 0 aliphatic carbocycles.